The third-order valence-corrected chi connectivity index (χ3v) is 6.36. The van der Waals surface area contributed by atoms with Crippen LogP contribution in [0.3, 0.4) is 0 Å². The highest BCUT2D eigenvalue weighted by atomic mass is 127. The molecule has 9 nitrogen and oxygen atoms in total. The Morgan fingerprint density at radius 1 is 1.36 bits per heavy atom. The van der Waals surface area contributed by atoms with Crippen LogP contribution < -0.4 is 4.74 Å². The molecule has 4 rings (SSSR count). The lowest BCUT2D eigenvalue weighted by Gasteiger charge is -2.40. The van der Waals surface area contributed by atoms with Gasteiger partial charge in [0.15, 0.2) is 15.9 Å². The van der Waals surface area contributed by atoms with Crippen LogP contribution in [0.5, 0.6) is 5.75 Å². The lowest BCUT2D eigenvalue weighted by Crippen LogP contribution is -2.54. The molecule has 0 aliphatic carbocycles. The van der Waals surface area contributed by atoms with Gasteiger partial charge in [0.25, 0.3) is 5.79 Å². The Labute approximate surface area is 170 Å². The minimum Gasteiger partial charge on any atom is -0.743 e. The Bertz CT molecular complexity index is 982. The number of para-hydroxylation sites is 1. The van der Waals surface area contributed by atoms with E-state index in [1.807, 2.05) is 22.6 Å². The van der Waals surface area contributed by atoms with Crippen LogP contribution in [0.2, 0.25) is 0 Å². The van der Waals surface area contributed by atoms with Gasteiger partial charge in [0, 0.05) is 6.42 Å². The number of esters is 2. The summed E-state index contributed by atoms with van der Waals surface area (Å²) in [4.78, 5) is 23.8. The molecule has 28 heavy (non-hydrogen) atoms. The van der Waals surface area contributed by atoms with Gasteiger partial charge < -0.3 is 23.5 Å². The quantitative estimate of drug-likeness (QED) is 0.321. The maximum Gasteiger partial charge on any atom is 0.428 e. The minimum absolute atomic E-state index is 0.124. The molecule has 4 atom stereocenters. The van der Waals surface area contributed by atoms with E-state index in [1.54, 1.807) is 12.1 Å². The predicted molar refractivity (Wildman–Crippen MR) is 90.4 cm³/mol. The number of alkyl halides is 2. The van der Waals surface area contributed by atoms with Gasteiger partial charge >= 0.3 is 17.2 Å². The van der Waals surface area contributed by atoms with Crippen molar-refractivity contribution in [2.45, 2.75) is 42.2 Å². The average Bonchev–Trinajstić information content (AvgIpc) is 3.12. The summed E-state index contributed by atoms with van der Waals surface area (Å²) >= 11 is 1.98. The van der Waals surface area contributed by atoms with Gasteiger partial charge in [0.1, 0.15) is 23.9 Å². The van der Waals surface area contributed by atoms with Crippen molar-refractivity contribution < 1.29 is 50.3 Å². The zero-order chi connectivity index (χ0) is 20.5. The number of rotatable bonds is 3. The number of hydrogen-bond donors (Lipinski definition) is 0. The summed E-state index contributed by atoms with van der Waals surface area (Å²) < 4.78 is 80.2. The number of carbonyl (C=O) groups is 2. The molecule has 1 spiro atoms. The second-order valence-electron chi connectivity index (χ2n) is 6.44. The van der Waals surface area contributed by atoms with E-state index >= 15 is 0 Å². The number of hydrogen-bond acceptors (Lipinski definition) is 9. The van der Waals surface area contributed by atoms with Gasteiger partial charge in [-0.05, 0) is 34.7 Å². The maximum atomic E-state index is 13.3. The molecule has 3 heterocycles. The third kappa shape index (κ3) is 2.86. The Morgan fingerprint density at radius 2 is 2.07 bits per heavy atom. The molecule has 0 N–H and O–H groups in total. The van der Waals surface area contributed by atoms with E-state index in [9.17, 15) is 31.3 Å². The van der Waals surface area contributed by atoms with E-state index in [2.05, 4.69) is 4.74 Å². The van der Waals surface area contributed by atoms with Crippen LogP contribution in [0.1, 0.15) is 23.2 Å². The van der Waals surface area contributed by atoms with Gasteiger partial charge in [-0.1, -0.05) is 6.07 Å². The summed E-state index contributed by atoms with van der Waals surface area (Å²) in [5.41, 5.74) is 0.226. The van der Waals surface area contributed by atoms with Crippen molar-refractivity contribution in [1.82, 2.24) is 0 Å². The highest BCUT2D eigenvalue weighted by molar-refractivity contribution is 14.1. The fourth-order valence-electron chi connectivity index (χ4n) is 3.42. The molecule has 2 fully saturated rings. The van der Waals surface area contributed by atoms with Gasteiger partial charge in [-0.2, -0.15) is 8.78 Å². The number of ether oxygens (including phenoxy) is 4. The highest BCUT2D eigenvalue weighted by Crippen LogP contribution is 2.50. The second kappa shape index (κ2) is 6.21. The largest absolute Gasteiger partial charge is 0.743 e. The summed E-state index contributed by atoms with van der Waals surface area (Å²) in [6, 6.07) is 4.90. The summed E-state index contributed by atoms with van der Waals surface area (Å²) in [5, 5.41) is -5.21. The number of fused-ring (bicyclic) bond motifs is 4. The Morgan fingerprint density at radius 3 is 2.68 bits per heavy atom. The molecule has 1 aromatic carbocycles. The fraction of sp³-hybridized carbons (Fsp3) is 0.467. The second-order valence-corrected chi connectivity index (χ2v) is 9.02. The Hall–Kier alpha value is -1.58. The zero-order valence-electron chi connectivity index (χ0n) is 13.6. The first-order valence-electron chi connectivity index (χ1n) is 7.85. The molecule has 2 saturated heterocycles. The fourth-order valence-corrected chi connectivity index (χ4v) is 4.28. The van der Waals surface area contributed by atoms with Crippen molar-refractivity contribution in [3.8, 4) is 5.75 Å². The van der Waals surface area contributed by atoms with Crippen LogP contribution in [-0.4, -0.2) is 54.3 Å². The number of benzene rings is 1. The third-order valence-electron chi connectivity index (χ3n) is 4.71. The molecule has 4 unspecified atom stereocenters. The van der Waals surface area contributed by atoms with Crippen LogP contribution in [0.15, 0.2) is 18.2 Å². The minimum atomic E-state index is -6.22. The lowest BCUT2D eigenvalue weighted by atomic mass is 9.90. The molecule has 0 aromatic heterocycles. The van der Waals surface area contributed by atoms with E-state index < -0.39 is 51.4 Å². The maximum absolute atomic E-state index is 13.3. The molecular weight excluding hydrogens is 521 g/mol. The summed E-state index contributed by atoms with van der Waals surface area (Å²) in [5.74, 6) is -4.33. The van der Waals surface area contributed by atoms with Crippen molar-refractivity contribution in [3.05, 3.63) is 27.3 Å². The van der Waals surface area contributed by atoms with Crippen molar-refractivity contribution in [1.29, 1.82) is 0 Å². The standard InChI is InChI=1S/C15H11F2IO9S/c16-15(17,28(21,22)23)13(20)25-8-4-10-14(5-9(8)24-10)26-11-6(12(19)27-14)2-1-3-7(11)18/h1-3,8-10H,4-5H2,(H,21,22,23)/p-1. The average molecular weight is 531 g/mol. The van der Waals surface area contributed by atoms with Gasteiger partial charge in [-0.25, -0.2) is 18.0 Å². The van der Waals surface area contributed by atoms with Crippen LogP contribution in [0.4, 0.5) is 8.78 Å². The van der Waals surface area contributed by atoms with E-state index in [4.69, 9.17) is 14.2 Å². The first-order valence-corrected chi connectivity index (χ1v) is 10.3. The Balaban J connectivity index is 1.52. The van der Waals surface area contributed by atoms with Crippen LogP contribution >= 0.6 is 22.6 Å². The summed E-state index contributed by atoms with van der Waals surface area (Å²) in [6.07, 6.45) is -3.45. The predicted octanol–water partition coefficient (Wildman–Crippen LogP) is 1.15. The van der Waals surface area contributed by atoms with E-state index in [0.29, 0.717) is 9.32 Å². The van der Waals surface area contributed by atoms with Crippen LogP contribution in [0, 0.1) is 3.57 Å². The molecule has 1 aromatic rings. The number of halogens is 3. The monoisotopic (exact) mass is 531 g/mol. The Kier molecular flexibility index (Phi) is 4.37. The first kappa shape index (κ1) is 19.7. The van der Waals surface area contributed by atoms with Crippen molar-refractivity contribution >= 4 is 44.6 Å². The topological polar surface area (TPSA) is 128 Å². The van der Waals surface area contributed by atoms with Gasteiger partial charge in [-0.3, -0.25) is 0 Å². The van der Waals surface area contributed by atoms with Gasteiger partial charge in [0.2, 0.25) is 0 Å². The number of carbonyl (C=O) groups excluding carboxylic acids is 2. The summed E-state index contributed by atoms with van der Waals surface area (Å²) in [6.45, 7) is 0. The molecule has 152 valence electrons. The first-order chi connectivity index (χ1) is 12.9. The smallest absolute Gasteiger partial charge is 0.428 e. The molecule has 3 aliphatic rings. The van der Waals surface area contributed by atoms with Crippen molar-refractivity contribution in [3.63, 3.8) is 0 Å². The molecule has 3 aliphatic heterocycles. The molecule has 13 heteroatoms. The van der Waals surface area contributed by atoms with Crippen LogP contribution in [-0.2, 0) is 29.1 Å². The zero-order valence-corrected chi connectivity index (χ0v) is 16.6. The molecule has 0 saturated carbocycles. The van der Waals surface area contributed by atoms with E-state index in [0.717, 1.165) is 0 Å². The lowest BCUT2D eigenvalue weighted by molar-refractivity contribution is -0.192. The molecule has 0 amide bonds. The SMILES string of the molecule is O=C1OC2(CC3OC2CC3OC(=O)C(F)(F)S(=O)(=O)[O-])Oc2c(I)cccc21. The highest BCUT2D eigenvalue weighted by Gasteiger charge is 2.65. The molecule has 2 bridgehead atoms. The van der Waals surface area contributed by atoms with E-state index in [-0.39, 0.29) is 18.4 Å². The van der Waals surface area contributed by atoms with E-state index in [1.165, 1.54) is 6.07 Å². The normalized spacial score (nSPS) is 31.3. The molecule has 0 radical (unpaired) electrons. The van der Waals surface area contributed by atoms with Gasteiger partial charge in [-0.15, -0.1) is 0 Å². The van der Waals surface area contributed by atoms with Crippen molar-refractivity contribution in [2.75, 3.05) is 0 Å². The van der Waals surface area contributed by atoms with Crippen molar-refractivity contribution in [2.24, 2.45) is 0 Å². The molecular formula is C15H10F2IO9S-. The van der Waals surface area contributed by atoms with Gasteiger partial charge in [0.05, 0.1) is 9.99 Å². The van der Waals surface area contributed by atoms with Crippen LogP contribution in [0.25, 0.3) is 0 Å². The summed E-state index contributed by atoms with van der Waals surface area (Å²) in [7, 11) is -6.22.